The van der Waals surface area contributed by atoms with Gasteiger partial charge < -0.3 is 20.3 Å². The first-order valence-corrected chi connectivity index (χ1v) is 13.0. The molecule has 0 bridgehead atoms. The van der Waals surface area contributed by atoms with Crippen LogP contribution in [0.4, 0.5) is 11.4 Å². The predicted octanol–water partition coefficient (Wildman–Crippen LogP) is 5.69. The molecule has 3 aromatic rings. The van der Waals surface area contributed by atoms with Gasteiger partial charge in [-0.15, -0.1) is 11.3 Å². The Bertz CT molecular complexity index is 1310. The number of benzene rings is 2. The number of fused-ring (bicyclic) bond motifs is 1. The van der Waals surface area contributed by atoms with Crippen molar-refractivity contribution in [1.82, 2.24) is 5.32 Å². The second-order valence-corrected chi connectivity index (χ2v) is 11.2. The number of allylic oxidation sites excluding steroid dienone is 1. The third-order valence-electron chi connectivity index (χ3n) is 6.77. The smallest absolute Gasteiger partial charge is 0.239 e. The summed E-state index contributed by atoms with van der Waals surface area (Å²) in [5.74, 6) is 0.725. The lowest BCUT2D eigenvalue weighted by Gasteiger charge is -2.38. The van der Waals surface area contributed by atoms with Crippen molar-refractivity contribution < 1.29 is 14.3 Å². The molecule has 2 aliphatic rings. The van der Waals surface area contributed by atoms with E-state index in [2.05, 4.69) is 29.4 Å². The monoisotopic (exact) mass is 501 g/mol. The number of hydrogen-bond donors (Lipinski definition) is 2. The van der Waals surface area contributed by atoms with E-state index in [0.29, 0.717) is 18.7 Å². The van der Waals surface area contributed by atoms with E-state index in [4.69, 9.17) is 4.74 Å². The number of nitrogens with zero attached hydrogens (tertiary/aromatic N) is 1. The molecule has 1 aromatic heterocycles. The van der Waals surface area contributed by atoms with Crippen LogP contribution in [0.3, 0.4) is 0 Å². The fourth-order valence-electron chi connectivity index (χ4n) is 5.19. The maximum atomic E-state index is 13.7. The zero-order valence-corrected chi connectivity index (χ0v) is 21.7. The summed E-state index contributed by atoms with van der Waals surface area (Å²) >= 11 is 1.61. The Balaban J connectivity index is 1.61. The second kappa shape index (κ2) is 9.82. The van der Waals surface area contributed by atoms with Crippen LogP contribution in [0, 0.1) is 5.41 Å². The minimum absolute atomic E-state index is 0.0984. The largest absolute Gasteiger partial charge is 0.497 e. The van der Waals surface area contributed by atoms with E-state index in [0.717, 1.165) is 39.5 Å². The highest BCUT2D eigenvalue weighted by atomic mass is 32.1. The lowest BCUT2D eigenvalue weighted by molar-refractivity contribution is -0.120. The number of carbonyl (C=O) groups excluding carboxylic acids is 2. The summed E-state index contributed by atoms with van der Waals surface area (Å²) in [7, 11) is 1.64. The van der Waals surface area contributed by atoms with Crippen molar-refractivity contribution in [3.8, 4) is 5.75 Å². The minimum atomic E-state index is -0.428. The van der Waals surface area contributed by atoms with Crippen LogP contribution >= 0.6 is 11.3 Å². The van der Waals surface area contributed by atoms with Crippen LogP contribution in [-0.4, -0.2) is 25.3 Å². The lowest BCUT2D eigenvalue weighted by Crippen LogP contribution is -2.41. The van der Waals surface area contributed by atoms with Crippen LogP contribution < -0.4 is 20.3 Å². The van der Waals surface area contributed by atoms with Gasteiger partial charge in [0.15, 0.2) is 5.78 Å². The fourth-order valence-corrected chi connectivity index (χ4v) is 5.84. The summed E-state index contributed by atoms with van der Waals surface area (Å²) in [6.45, 7) is 4.85. The molecule has 0 saturated heterocycles. The zero-order valence-electron chi connectivity index (χ0n) is 20.8. The Hall–Kier alpha value is -3.58. The molecule has 1 amide bonds. The first kappa shape index (κ1) is 24.1. The van der Waals surface area contributed by atoms with Crippen LogP contribution in [0.15, 0.2) is 77.3 Å². The molecule has 2 heterocycles. The molecular weight excluding hydrogens is 470 g/mol. The normalized spacial score (nSPS) is 18.6. The number of ether oxygens (including phenoxy) is 1. The Morgan fingerprint density at radius 3 is 2.75 bits per heavy atom. The number of ketones is 1. The zero-order chi connectivity index (χ0) is 25.3. The van der Waals surface area contributed by atoms with Gasteiger partial charge in [-0.3, -0.25) is 9.59 Å². The maximum Gasteiger partial charge on any atom is 0.239 e. The standard InChI is InChI=1S/C29H31N3O3S/c1-29(2)15-23-27(25(33)16-29)28(19-8-6-9-20(14-19)35-3)32(24-12-5-4-11-22(24)31-23)18-26(34)30-17-21-10-7-13-36-21/h4-14,28,31H,15-18H2,1-3H3,(H,30,34). The van der Waals surface area contributed by atoms with Gasteiger partial charge in [-0.1, -0.05) is 44.2 Å². The van der Waals surface area contributed by atoms with Crippen LogP contribution in [0.1, 0.15) is 43.2 Å². The van der Waals surface area contributed by atoms with Gasteiger partial charge in [0.2, 0.25) is 5.91 Å². The highest BCUT2D eigenvalue weighted by molar-refractivity contribution is 7.09. The van der Waals surface area contributed by atoms with Crippen molar-refractivity contribution in [2.24, 2.45) is 5.41 Å². The summed E-state index contributed by atoms with van der Waals surface area (Å²) in [5, 5.41) is 8.65. The molecule has 1 atom stereocenters. The van der Waals surface area contributed by atoms with Gasteiger partial charge in [0.1, 0.15) is 5.75 Å². The number of rotatable bonds is 6. The molecule has 36 heavy (non-hydrogen) atoms. The number of hydrogen-bond acceptors (Lipinski definition) is 6. The molecule has 0 spiro atoms. The number of carbonyl (C=O) groups is 2. The van der Waals surface area contributed by atoms with Crippen LogP contribution in [0.5, 0.6) is 5.75 Å². The van der Waals surface area contributed by atoms with E-state index in [-0.39, 0.29) is 23.7 Å². The van der Waals surface area contributed by atoms with Crippen molar-refractivity contribution in [3.63, 3.8) is 0 Å². The predicted molar refractivity (Wildman–Crippen MR) is 144 cm³/mol. The highest BCUT2D eigenvalue weighted by Gasteiger charge is 2.42. The summed E-state index contributed by atoms with van der Waals surface area (Å²) < 4.78 is 5.53. The number of amides is 1. The third-order valence-corrected chi connectivity index (χ3v) is 7.64. The average molecular weight is 502 g/mol. The maximum absolute atomic E-state index is 13.7. The van der Waals surface area contributed by atoms with Gasteiger partial charge >= 0.3 is 0 Å². The van der Waals surface area contributed by atoms with Crippen LogP contribution in [0.25, 0.3) is 0 Å². The molecule has 1 unspecified atom stereocenters. The molecule has 0 saturated carbocycles. The quantitative estimate of drug-likeness (QED) is 0.454. The van der Waals surface area contributed by atoms with E-state index in [1.807, 2.05) is 66.0 Å². The Morgan fingerprint density at radius 2 is 1.97 bits per heavy atom. The Labute approximate surface area is 216 Å². The molecule has 2 aromatic carbocycles. The molecule has 2 N–H and O–H groups in total. The first-order valence-electron chi connectivity index (χ1n) is 12.2. The van der Waals surface area contributed by atoms with E-state index in [1.54, 1.807) is 18.4 Å². The summed E-state index contributed by atoms with van der Waals surface area (Å²) in [6.07, 6.45) is 1.21. The number of thiophene rings is 1. The van der Waals surface area contributed by atoms with Gasteiger partial charge in [0.25, 0.3) is 0 Å². The summed E-state index contributed by atoms with van der Waals surface area (Å²) in [5.41, 5.74) is 4.20. The Morgan fingerprint density at radius 1 is 1.14 bits per heavy atom. The molecule has 6 nitrogen and oxygen atoms in total. The van der Waals surface area contributed by atoms with Gasteiger partial charge in [-0.2, -0.15) is 0 Å². The molecule has 5 rings (SSSR count). The number of anilines is 2. The molecule has 1 aliphatic carbocycles. The number of methoxy groups -OCH3 is 1. The number of para-hydroxylation sites is 2. The third kappa shape index (κ3) is 4.88. The van der Waals surface area contributed by atoms with Crippen molar-refractivity contribution in [2.45, 2.75) is 39.3 Å². The van der Waals surface area contributed by atoms with E-state index in [9.17, 15) is 9.59 Å². The highest BCUT2D eigenvalue weighted by Crippen LogP contribution is 2.48. The van der Waals surface area contributed by atoms with E-state index < -0.39 is 6.04 Å². The molecule has 186 valence electrons. The number of nitrogens with one attached hydrogen (secondary N) is 2. The fraction of sp³-hybridized carbons (Fsp3) is 0.310. The second-order valence-electron chi connectivity index (χ2n) is 10.1. The summed E-state index contributed by atoms with van der Waals surface area (Å²) in [6, 6.07) is 19.3. The van der Waals surface area contributed by atoms with Crippen molar-refractivity contribution in [1.29, 1.82) is 0 Å². The van der Waals surface area contributed by atoms with Gasteiger partial charge in [-0.05, 0) is 53.1 Å². The van der Waals surface area contributed by atoms with Crippen molar-refractivity contribution in [3.05, 3.63) is 87.8 Å². The molecule has 0 radical (unpaired) electrons. The van der Waals surface area contributed by atoms with Crippen molar-refractivity contribution >= 4 is 34.4 Å². The molecule has 0 fully saturated rings. The molecule has 7 heteroatoms. The lowest BCUT2D eigenvalue weighted by atomic mass is 9.73. The van der Waals surface area contributed by atoms with Crippen LogP contribution in [-0.2, 0) is 16.1 Å². The van der Waals surface area contributed by atoms with Crippen LogP contribution in [0.2, 0.25) is 0 Å². The van der Waals surface area contributed by atoms with Gasteiger partial charge in [-0.25, -0.2) is 0 Å². The van der Waals surface area contributed by atoms with E-state index >= 15 is 0 Å². The molecular formula is C29H31N3O3S. The topological polar surface area (TPSA) is 70.7 Å². The van der Waals surface area contributed by atoms with Gasteiger partial charge in [0, 0.05) is 22.6 Å². The SMILES string of the molecule is COc1cccc(C2C3=C(CC(C)(C)CC3=O)Nc3ccccc3N2CC(=O)NCc2cccs2)c1. The van der Waals surface area contributed by atoms with Gasteiger partial charge in [0.05, 0.1) is 37.6 Å². The van der Waals surface area contributed by atoms with Crippen molar-refractivity contribution in [2.75, 3.05) is 23.9 Å². The average Bonchev–Trinajstić information content (AvgIpc) is 3.33. The first-order chi connectivity index (χ1) is 17.3. The Kier molecular flexibility index (Phi) is 6.58. The number of Topliss-reactive ketones (excluding diaryl/α,β-unsaturated/α-hetero) is 1. The minimum Gasteiger partial charge on any atom is -0.497 e. The summed E-state index contributed by atoms with van der Waals surface area (Å²) in [4.78, 5) is 30.2. The van der Waals surface area contributed by atoms with E-state index in [1.165, 1.54) is 0 Å². The molecule has 1 aliphatic heterocycles.